The molecule has 4 heteroatoms. The monoisotopic (exact) mass is 292 g/mol. The molecule has 0 aliphatic heterocycles. The first-order chi connectivity index (χ1) is 9.06. The van der Waals surface area contributed by atoms with E-state index >= 15 is 0 Å². The minimum absolute atomic E-state index is 0.180. The molecular weight excluding hydrogens is 259 g/mol. The summed E-state index contributed by atoms with van der Waals surface area (Å²) in [6, 6.07) is 0. The van der Waals surface area contributed by atoms with Crippen molar-refractivity contribution in [3.05, 3.63) is 0 Å². The van der Waals surface area contributed by atoms with E-state index in [9.17, 15) is 0 Å². The van der Waals surface area contributed by atoms with Gasteiger partial charge in [-0.1, -0.05) is 77.6 Å². The van der Waals surface area contributed by atoms with Crippen LogP contribution in [0.3, 0.4) is 0 Å². The third kappa shape index (κ3) is 18.3. The quantitative estimate of drug-likeness (QED) is 0.258. The zero-order valence-electron chi connectivity index (χ0n) is 12.5. The molecule has 0 spiro atoms. The van der Waals surface area contributed by atoms with Crippen molar-refractivity contribution in [2.24, 2.45) is 0 Å². The molecule has 0 heterocycles. The van der Waals surface area contributed by atoms with Gasteiger partial charge in [0.25, 0.3) is 5.71 Å². The fourth-order valence-electron chi connectivity index (χ4n) is 2.22. The Labute approximate surface area is 120 Å². The Hall–Kier alpha value is 0.310. The molecule has 0 saturated heterocycles. The Kier molecular flexibility index (Phi) is 13.5. The minimum Gasteiger partial charge on any atom is -0.340 e. The average Bonchev–Trinajstić information content (AvgIpc) is 2.34. The molecule has 1 atom stereocenters. The number of hydrogen-bond donors (Lipinski definition) is 3. The van der Waals surface area contributed by atoms with Gasteiger partial charge in [0, 0.05) is 0 Å². The Bertz CT molecular complexity index is 181. The van der Waals surface area contributed by atoms with E-state index in [2.05, 4.69) is 6.92 Å². The molecule has 0 aromatic carbocycles. The molecule has 0 fully saturated rings. The molecule has 0 aromatic rings. The van der Waals surface area contributed by atoms with E-state index in [0.29, 0.717) is 6.16 Å². The van der Waals surface area contributed by atoms with Gasteiger partial charge in [-0.05, 0) is 21.2 Å². The lowest BCUT2D eigenvalue weighted by Crippen LogP contribution is -2.20. The second-order valence-corrected chi connectivity index (χ2v) is 6.98. The van der Waals surface area contributed by atoms with Crippen molar-refractivity contribution in [2.45, 2.75) is 89.7 Å². The van der Waals surface area contributed by atoms with Crippen LogP contribution in [-0.2, 0) is 0 Å². The van der Waals surface area contributed by atoms with Gasteiger partial charge in [0.2, 0.25) is 0 Å². The van der Waals surface area contributed by atoms with Crippen molar-refractivity contribution in [2.75, 3.05) is 6.16 Å². The maximum absolute atomic E-state index is 8.72. The van der Waals surface area contributed by atoms with Crippen LogP contribution in [0.25, 0.3) is 0 Å². The Morgan fingerprint density at radius 3 is 1.37 bits per heavy atom. The summed E-state index contributed by atoms with van der Waals surface area (Å²) in [5.74, 6) is 0. The van der Waals surface area contributed by atoms with Gasteiger partial charge in [0.1, 0.15) is 0 Å². The Balaban J connectivity index is 2.99. The highest BCUT2D eigenvalue weighted by molar-refractivity contribution is 7.39. The van der Waals surface area contributed by atoms with Crippen LogP contribution in [0.4, 0.5) is 0 Å². The van der Waals surface area contributed by atoms with Gasteiger partial charge in [-0.25, -0.2) is 0 Å². The van der Waals surface area contributed by atoms with Crippen LogP contribution < -0.4 is 0 Å². The topological polar surface area (TPSA) is 60.7 Å². The molecule has 3 nitrogen and oxygen atoms in total. The van der Waals surface area contributed by atoms with Crippen molar-refractivity contribution in [3.63, 3.8) is 0 Å². The van der Waals surface area contributed by atoms with E-state index in [0.717, 1.165) is 12.8 Å². The second kappa shape index (κ2) is 13.3. The van der Waals surface area contributed by atoms with Crippen molar-refractivity contribution in [3.8, 4) is 0 Å². The van der Waals surface area contributed by atoms with E-state index < -0.39 is 5.71 Å². The lowest BCUT2D eigenvalue weighted by Gasteiger charge is -2.13. The second-order valence-electron chi connectivity index (χ2n) is 5.45. The van der Waals surface area contributed by atoms with Gasteiger partial charge >= 0.3 is 0 Å². The van der Waals surface area contributed by atoms with Gasteiger partial charge < -0.3 is 15.3 Å². The van der Waals surface area contributed by atoms with Crippen LogP contribution in [-0.4, -0.2) is 27.2 Å². The van der Waals surface area contributed by atoms with Crippen molar-refractivity contribution in [1.29, 1.82) is 0 Å². The van der Waals surface area contributed by atoms with Crippen LogP contribution in [0.15, 0.2) is 0 Å². The van der Waals surface area contributed by atoms with Gasteiger partial charge in [-0.15, -0.1) is 0 Å². The van der Waals surface area contributed by atoms with E-state index in [4.69, 9.17) is 15.3 Å². The molecule has 0 saturated carbocycles. The summed E-state index contributed by atoms with van der Waals surface area (Å²) in [4.78, 5) is 0. The average molecular weight is 292 g/mol. The smallest absolute Gasteiger partial charge is 0.290 e. The highest BCUT2D eigenvalue weighted by Crippen LogP contribution is 2.25. The molecule has 3 N–H and O–H groups in total. The van der Waals surface area contributed by atoms with Gasteiger partial charge in [0.15, 0.2) is 0 Å². The predicted molar refractivity (Wildman–Crippen MR) is 83.6 cm³/mol. The predicted octanol–water partition coefficient (Wildman–Crippen LogP) is 3.95. The van der Waals surface area contributed by atoms with Crippen LogP contribution in [0.2, 0.25) is 0 Å². The fraction of sp³-hybridized carbons (Fsp3) is 1.00. The number of unbranched alkanes of at least 4 members (excludes halogenated alkanes) is 11. The summed E-state index contributed by atoms with van der Waals surface area (Å²) in [6.07, 6.45) is 16.3. The summed E-state index contributed by atoms with van der Waals surface area (Å²) >= 11 is 0. The molecule has 0 aliphatic rings. The lowest BCUT2D eigenvalue weighted by molar-refractivity contribution is -0.238. The van der Waals surface area contributed by atoms with Crippen LogP contribution in [0.1, 0.15) is 84.0 Å². The first kappa shape index (κ1) is 19.3. The van der Waals surface area contributed by atoms with E-state index in [-0.39, 0.29) is 8.58 Å². The van der Waals surface area contributed by atoms with E-state index in [1.54, 1.807) is 0 Å². The normalized spacial score (nSPS) is 12.6. The molecule has 0 aromatic heterocycles. The number of rotatable bonds is 14. The molecule has 0 aliphatic carbocycles. The zero-order chi connectivity index (χ0) is 14.4. The van der Waals surface area contributed by atoms with Gasteiger partial charge in [-0.2, -0.15) is 0 Å². The van der Waals surface area contributed by atoms with Crippen LogP contribution in [0.5, 0.6) is 0 Å². The largest absolute Gasteiger partial charge is 0.340 e. The molecule has 1 unspecified atom stereocenters. The summed E-state index contributed by atoms with van der Waals surface area (Å²) in [5.41, 5.74) is -2.43. The van der Waals surface area contributed by atoms with Gasteiger partial charge in [0.05, 0.1) is 0 Å². The first-order valence-electron chi connectivity index (χ1n) is 7.98. The molecule has 116 valence electrons. The maximum Gasteiger partial charge on any atom is 0.290 e. The SMILES string of the molecule is CCCCCCCCCCCCCCPC(O)(O)O. The fourth-order valence-corrected chi connectivity index (χ4v) is 2.98. The van der Waals surface area contributed by atoms with E-state index in [1.807, 2.05) is 0 Å². The molecule has 0 rings (SSSR count). The maximum atomic E-state index is 8.72. The Morgan fingerprint density at radius 1 is 0.632 bits per heavy atom. The minimum atomic E-state index is -2.43. The summed E-state index contributed by atoms with van der Waals surface area (Å²) in [5, 5.41) is 26.2. The third-order valence-electron chi connectivity index (χ3n) is 3.39. The molecule has 0 bridgehead atoms. The van der Waals surface area contributed by atoms with E-state index in [1.165, 1.54) is 64.2 Å². The van der Waals surface area contributed by atoms with Crippen LogP contribution in [0, 0.1) is 0 Å². The highest BCUT2D eigenvalue weighted by atomic mass is 31.1. The lowest BCUT2D eigenvalue weighted by atomic mass is 10.1. The van der Waals surface area contributed by atoms with Gasteiger partial charge in [-0.3, -0.25) is 0 Å². The molecular formula is C15H33O3P. The van der Waals surface area contributed by atoms with Crippen molar-refractivity contribution in [1.82, 2.24) is 0 Å². The zero-order valence-corrected chi connectivity index (χ0v) is 13.5. The highest BCUT2D eigenvalue weighted by Gasteiger charge is 2.15. The van der Waals surface area contributed by atoms with Crippen LogP contribution >= 0.6 is 8.58 Å². The van der Waals surface area contributed by atoms with Crippen molar-refractivity contribution < 1.29 is 15.3 Å². The first-order valence-corrected chi connectivity index (χ1v) is 9.19. The summed E-state index contributed by atoms with van der Waals surface area (Å²) in [7, 11) is -0.180. The standard InChI is InChI=1S/C15H33O3P/c1-2-3-4-5-6-7-8-9-10-11-12-13-14-19-15(16,17)18/h16-19H,2-14H2,1H3. The molecule has 19 heavy (non-hydrogen) atoms. The number of hydrogen-bond acceptors (Lipinski definition) is 3. The third-order valence-corrected chi connectivity index (χ3v) is 4.47. The van der Waals surface area contributed by atoms with Crippen molar-refractivity contribution >= 4 is 8.58 Å². The molecule has 0 radical (unpaired) electrons. The summed E-state index contributed by atoms with van der Waals surface area (Å²) < 4.78 is 0. The summed E-state index contributed by atoms with van der Waals surface area (Å²) in [6.45, 7) is 2.25. The number of aliphatic hydroxyl groups is 3. The Morgan fingerprint density at radius 2 is 1.00 bits per heavy atom. The molecule has 0 amide bonds.